The van der Waals surface area contributed by atoms with Gasteiger partial charge in [-0.15, -0.1) is 0 Å². The number of hydrogen-bond acceptors (Lipinski definition) is 5. The van der Waals surface area contributed by atoms with Crippen molar-refractivity contribution in [3.8, 4) is 17.7 Å². The Bertz CT molecular complexity index is 1180. The minimum atomic E-state index is -0.236. The van der Waals surface area contributed by atoms with Gasteiger partial charge in [-0.1, -0.05) is 30.3 Å². The van der Waals surface area contributed by atoms with E-state index in [4.69, 9.17) is 11.0 Å². The van der Waals surface area contributed by atoms with Crippen LogP contribution in [0.25, 0.3) is 22.5 Å². The third-order valence-electron chi connectivity index (χ3n) is 3.89. The molecule has 0 saturated carbocycles. The molecular weight excluding hydrogens is 316 g/mol. The van der Waals surface area contributed by atoms with E-state index in [1.807, 2.05) is 24.3 Å². The number of anilines is 1. The highest BCUT2D eigenvalue weighted by atomic mass is 16.1. The monoisotopic (exact) mass is 328 g/mol. The Balaban J connectivity index is 2.14. The van der Waals surface area contributed by atoms with Crippen LogP contribution in [0.5, 0.6) is 0 Å². The lowest BCUT2D eigenvalue weighted by Crippen LogP contribution is -2.25. The van der Waals surface area contributed by atoms with Gasteiger partial charge in [0.1, 0.15) is 17.5 Å². The summed E-state index contributed by atoms with van der Waals surface area (Å²) in [7, 11) is 0. The van der Waals surface area contributed by atoms with Crippen molar-refractivity contribution in [3.05, 3.63) is 76.7 Å². The molecule has 2 heterocycles. The Hall–Kier alpha value is -3.92. The van der Waals surface area contributed by atoms with Crippen LogP contribution in [0.3, 0.4) is 0 Å². The number of fused-ring (bicyclic) bond motifs is 1. The zero-order valence-electron chi connectivity index (χ0n) is 13.0. The predicted octanol–water partition coefficient (Wildman–Crippen LogP) is 2.03. The van der Waals surface area contributed by atoms with Gasteiger partial charge in [0, 0.05) is 0 Å². The second-order valence-corrected chi connectivity index (χ2v) is 5.37. The Labute approximate surface area is 142 Å². The van der Waals surface area contributed by atoms with Crippen LogP contribution >= 0.6 is 0 Å². The lowest BCUT2D eigenvalue weighted by atomic mass is 10.2. The maximum Gasteiger partial charge on any atom is 0.267 e. The molecule has 25 heavy (non-hydrogen) atoms. The molecule has 0 fully saturated rings. The molecule has 0 radical (unpaired) electrons. The molecule has 7 nitrogen and oxygen atoms in total. The first kappa shape index (κ1) is 14.7. The van der Waals surface area contributed by atoms with E-state index < -0.39 is 0 Å². The van der Waals surface area contributed by atoms with Gasteiger partial charge >= 0.3 is 0 Å². The first-order chi connectivity index (χ1) is 12.2. The van der Waals surface area contributed by atoms with Crippen molar-refractivity contribution in [2.75, 3.05) is 5.73 Å². The minimum Gasteiger partial charge on any atom is -0.382 e. The van der Waals surface area contributed by atoms with E-state index in [-0.39, 0.29) is 22.9 Å². The van der Waals surface area contributed by atoms with Crippen molar-refractivity contribution in [2.24, 2.45) is 0 Å². The van der Waals surface area contributed by atoms with E-state index in [1.54, 1.807) is 36.4 Å². The number of nitriles is 1. The summed E-state index contributed by atoms with van der Waals surface area (Å²) in [6.45, 7) is 0. The predicted molar refractivity (Wildman–Crippen MR) is 93.6 cm³/mol. The summed E-state index contributed by atoms with van der Waals surface area (Å²) in [4.78, 5) is 17.7. The fraction of sp³-hybridized carbons (Fsp3) is 0. The number of aromatic nitrogens is 4. The summed E-state index contributed by atoms with van der Waals surface area (Å²) in [5.41, 5.74) is 7.16. The maximum atomic E-state index is 13.1. The van der Waals surface area contributed by atoms with Crippen molar-refractivity contribution in [1.82, 2.24) is 19.3 Å². The summed E-state index contributed by atoms with van der Waals surface area (Å²) in [6, 6.07) is 18.1. The van der Waals surface area contributed by atoms with E-state index in [0.717, 1.165) is 0 Å². The highest BCUT2D eigenvalue weighted by Crippen LogP contribution is 2.19. The molecule has 120 valence electrons. The molecule has 2 aromatic heterocycles. The molecule has 4 rings (SSSR count). The Morgan fingerprint density at radius 1 is 1.04 bits per heavy atom. The lowest BCUT2D eigenvalue weighted by Gasteiger charge is -2.14. The molecule has 0 aliphatic heterocycles. The van der Waals surface area contributed by atoms with E-state index in [1.165, 1.54) is 15.4 Å². The Morgan fingerprint density at radius 2 is 1.76 bits per heavy atom. The number of nitrogen functional groups attached to an aromatic ring is 1. The van der Waals surface area contributed by atoms with Crippen LogP contribution in [-0.4, -0.2) is 19.3 Å². The number of para-hydroxylation sites is 2. The number of nitrogens with two attached hydrogens (primary N) is 1. The Morgan fingerprint density at radius 3 is 2.48 bits per heavy atom. The standard InChI is InChI=1S/C18H12N6O/c19-10-12-11-21-24(16(12)20)18-22-15-9-5-4-8-14(15)17(25)23(18)13-6-2-1-3-7-13/h1-9,11H,20H2. The van der Waals surface area contributed by atoms with Gasteiger partial charge in [0.15, 0.2) is 0 Å². The summed E-state index contributed by atoms with van der Waals surface area (Å²) in [6.07, 6.45) is 1.35. The number of benzene rings is 2. The largest absolute Gasteiger partial charge is 0.382 e. The summed E-state index contributed by atoms with van der Waals surface area (Å²) < 4.78 is 2.74. The molecule has 0 saturated heterocycles. The topological polar surface area (TPSA) is 103 Å². The van der Waals surface area contributed by atoms with Gasteiger partial charge in [0.2, 0.25) is 5.95 Å². The van der Waals surface area contributed by atoms with Crippen molar-refractivity contribution in [1.29, 1.82) is 5.26 Å². The van der Waals surface area contributed by atoms with Gasteiger partial charge in [0.25, 0.3) is 5.56 Å². The molecule has 0 aliphatic carbocycles. The molecule has 0 aliphatic rings. The number of rotatable bonds is 2. The molecule has 4 aromatic rings. The fourth-order valence-electron chi connectivity index (χ4n) is 2.68. The van der Waals surface area contributed by atoms with Crippen LogP contribution in [-0.2, 0) is 0 Å². The average Bonchev–Trinajstić information content (AvgIpc) is 3.03. The number of hydrogen-bond donors (Lipinski definition) is 1. The fourth-order valence-corrected chi connectivity index (χ4v) is 2.68. The smallest absolute Gasteiger partial charge is 0.267 e. The van der Waals surface area contributed by atoms with E-state index in [0.29, 0.717) is 16.6 Å². The minimum absolute atomic E-state index is 0.134. The van der Waals surface area contributed by atoms with Gasteiger partial charge in [-0.3, -0.25) is 4.79 Å². The summed E-state index contributed by atoms with van der Waals surface area (Å²) in [5.74, 6) is 0.364. The van der Waals surface area contributed by atoms with Crippen LogP contribution in [0.2, 0.25) is 0 Å². The second-order valence-electron chi connectivity index (χ2n) is 5.37. The molecule has 0 atom stereocenters. The van der Waals surface area contributed by atoms with Crippen LogP contribution < -0.4 is 11.3 Å². The molecule has 2 N–H and O–H groups in total. The van der Waals surface area contributed by atoms with Gasteiger partial charge in [-0.2, -0.15) is 15.0 Å². The van der Waals surface area contributed by atoms with Crippen LogP contribution in [0.1, 0.15) is 5.56 Å². The third-order valence-corrected chi connectivity index (χ3v) is 3.89. The first-order valence-electron chi connectivity index (χ1n) is 7.52. The van der Waals surface area contributed by atoms with Gasteiger partial charge in [-0.05, 0) is 24.3 Å². The zero-order chi connectivity index (χ0) is 17.4. The van der Waals surface area contributed by atoms with Crippen molar-refractivity contribution < 1.29 is 0 Å². The highest BCUT2D eigenvalue weighted by Gasteiger charge is 2.18. The quantitative estimate of drug-likeness (QED) is 0.606. The molecular formula is C18H12N6O. The first-order valence-corrected chi connectivity index (χ1v) is 7.52. The summed E-state index contributed by atoms with van der Waals surface area (Å²) >= 11 is 0. The summed E-state index contributed by atoms with van der Waals surface area (Å²) in [5, 5.41) is 13.7. The molecule has 2 aromatic carbocycles. The molecule has 0 spiro atoms. The zero-order valence-corrected chi connectivity index (χ0v) is 13.0. The van der Waals surface area contributed by atoms with E-state index in [9.17, 15) is 4.79 Å². The van der Waals surface area contributed by atoms with Gasteiger partial charge in [-0.25, -0.2) is 9.55 Å². The maximum absolute atomic E-state index is 13.1. The van der Waals surface area contributed by atoms with E-state index in [2.05, 4.69) is 10.1 Å². The lowest BCUT2D eigenvalue weighted by molar-refractivity contribution is 0.770. The SMILES string of the molecule is N#Cc1cnn(-c2nc3ccccc3c(=O)n2-c2ccccc2)c1N. The van der Waals surface area contributed by atoms with Crippen molar-refractivity contribution in [2.45, 2.75) is 0 Å². The van der Waals surface area contributed by atoms with Crippen molar-refractivity contribution in [3.63, 3.8) is 0 Å². The molecule has 0 amide bonds. The van der Waals surface area contributed by atoms with Gasteiger partial charge < -0.3 is 5.73 Å². The third kappa shape index (κ3) is 2.24. The Kier molecular flexibility index (Phi) is 3.29. The molecule has 0 unspecified atom stereocenters. The second kappa shape index (κ2) is 5.62. The highest BCUT2D eigenvalue weighted by molar-refractivity contribution is 5.78. The molecule has 7 heteroatoms. The normalized spacial score (nSPS) is 10.7. The van der Waals surface area contributed by atoms with Gasteiger partial charge in [0.05, 0.1) is 22.8 Å². The molecule has 0 bridgehead atoms. The number of nitrogens with zero attached hydrogens (tertiary/aromatic N) is 5. The van der Waals surface area contributed by atoms with Crippen LogP contribution in [0.4, 0.5) is 5.82 Å². The van der Waals surface area contributed by atoms with Crippen LogP contribution in [0.15, 0.2) is 65.6 Å². The average molecular weight is 328 g/mol. The van der Waals surface area contributed by atoms with Crippen LogP contribution in [0, 0.1) is 11.3 Å². The van der Waals surface area contributed by atoms with E-state index >= 15 is 0 Å². The van der Waals surface area contributed by atoms with Crippen molar-refractivity contribution >= 4 is 16.7 Å².